The van der Waals surface area contributed by atoms with Crippen molar-refractivity contribution in [2.45, 2.75) is 38.7 Å². The number of fused-ring (bicyclic) bond motifs is 1. The van der Waals surface area contributed by atoms with Gasteiger partial charge in [-0.15, -0.1) is 11.3 Å². The van der Waals surface area contributed by atoms with Crippen molar-refractivity contribution in [1.29, 1.82) is 0 Å². The van der Waals surface area contributed by atoms with Crippen molar-refractivity contribution in [3.8, 4) is 5.75 Å². The van der Waals surface area contributed by atoms with Crippen LogP contribution in [-0.4, -0.2) is 16.7 Å². The van der Waals surface area contributed by atoms with Crippen LogP contribution < -0.4 is 4.74 Å². The SMILES string of the molecule is CC(C)(O)c1nc2ccc(OCC3CCC3)c(F)c2s1. The van der Waals surface area contributed by atoms with Crippen LogP contribution in [0, 0.1) is 11.7 Å². The number of hydrogen-bond donors (Lipinski definition) is 1. The van der Waals surface area contributed by atoms with E-state index < -0.39 is 5.60 Å². The molecule has 1 aliphatic rings. The highest BCUT2D eigenvalue weighted by atomic mass is 32.1. The Hall–Kier alpha value is -1.20. The second-order valence-corrected chi connectivity index (χ2v) is 6.91. The van der Waals surface area contributed by atoms with Crippen LogP contribution in [0.25, 0.3) is 10.2 Å². The predicted molar refractivity (Wildman–Crippen MR) is 77.7 cm³/mol. The molecule has 3 rings (SSSR count). The van der Waals surface area contributed by atoms with E-state index in [0.717, 1.165) is 0 Å². The zero-order chi connectivity index (χ0) is 14.3. The van der Waals surface area contributed by atoms with Gasteiger partial charge < -0.3 is 9.84 Å². The quantitative estimate of drug-likeness (QED) is 0.932. The lowest BCUT2D eigenvalue weighted by atomic mass is 9.86. The normalized spacial score (nSPS) is 16.4. The van der Waals surface area contributed by atoms with Gasteiger partial charge in [-0.2, -0.15) is 0 Å². The van der Waals surface area contributed by atoms with E-state index in [1.807, 2.05) is 0 Å². The van der Waals surface area contributed by atoms with E-state index >= 15 is 0 Å². The van der Waals surface area contributed by atoms with Crippen LogP contribution in [0.3, 0.4) is 0 Å². The number of ether oxygens (including phenoxy) is 1. The lowest BCUT2D eigenvalue weighted by Gasteiger charge is -2.25. The average Bonchev–Trinajstić information content (AvgIpc) is 2.74. The molecule has 1 heterocycles. The molecule has 1 N–H and O–H groups in total. The minimum atomic E-state index is -1.05. The number of aliphatic hydroxyl groups is 1. The zero-order valence-electron chi connectivity index (χ0n) is 11.6. The number of thiazole rings is 1. The average molecular weight is 295 g/mol. The monoisotopic (exact) mass is 295 g/mol. The summed E-state index contributed by atoms with van der Waals surface area (Å²) in [5.41, 5.74) is -0.482. The molecule has 0 radical (unpaired) electrons. The molecule has 0 unspecified atom stereocenters. The van der Waals surface area contributed by atoms with Gasteiger partial charge in [0.2, 0.25) is 0 Å². The van der Waals surface area contributed by atoms with Gasteiger partial charge in [-0.05, 0) is 44.7 Å². The molecule has 0 atom stereocenters. The van der Waals surface area contributed by atoms with Crippen LogP contribution in [0.15, 0.2) is 12.1 Å². The largest absolute Gasteiger partial charge is 0.490 e. The molecule has 0 bridgehead atoms. The van der Waals surface area contributed by atoms with E-state index in [1.54, 1.807) is 26.0 Å². The molecule has 3 nitrogen and oxygen atoms in total. The Morgan fingerprint density at radius 1 is 1.45 bits per heavy atom. The predicted octanol–water partition coefficient (Wildman–Crippen LogP) is 3.84. The minimum absolute atomic E-state index is 0.287. The highest BCUT2D eigenvalue weighted by molar-refractivity contribution is 7.18. The third-order valence-corrected chi connectivity index (χ3v) is 5.06. The molecule has 5 heteroatoms. The third kappa shape index (κ3) is 2.52. The molecular weight excluding hydrogens is 277 g/mol. The summed E-state index contributed by atoms with van der Waals surface area (Å²) in [5, 5.41) is 10.5. The summed E-state index contributed by atoms with van der Waals surface area (Å²) in [6.45, 7) is 3.88. The Morgan fingerprint density at radius 2 is 2.20 bits per heavy atom. The summed E-state index contributed by atoms with van der Waals surface area (Å²) in [5.74, 6) is 0.490. The van der Waals surface area contributed by atoms with Crippen molar-refractivity contribution in [1.82, 2.24) is 4.98 Å². The van der Waals surface area contributed by atoms with Gasteiger partial charge in [-0.1, -0.05) is 6.42 Å². The Morgan fingerprint density at radius 3 is 2.80 bits per heavy atom. The maximum absolute atomic E-state index is 14.4. The summed E-state index contributed by atoms with van der Waals surface area (Å²) in [7, 11) is 0. The van der Waals surface area contributed by atoms with Gasteiger partial charge in [0.05, 0.1) is 16.8 Å². The fourth-order valence-electron chi connectivity index (χ4n) is 2.18. The van der Waals surface area contributed by atoms with Crippen molar-refractivity contribution in [2.75, 3.05) is 6.61 Å². The van der Waals surface area contributed by atoms with Crippen LogP contribution in [0.5, 0.6) is 5.75 Å². The van der Waals surface area contributed by atoms with E-state index in [4.69, 9.17) is 4.74 Å². The maximum atomic E-state index is 14.4. The Kier molecular flexibility index (Phi) is 3.42. The first kappa shape index (κ1) is 13.8. The van der Waals surface area contributed by atoms with Crippen LogP contribution in [0.2, 0.25) is 0 Å². The smallest absolute Gasteiger partial charge is 0.184 e. The Labute approximate surface area is 121 Å². The minimum Gasteiger partial charge on any atom is -0.490 e. The highest BCUT2D eigenvalue weighted by Crippen LogP contribution is 2.35. The maximum Gasteiger partial charge on any atom is 0.184 e. The van der Waals surface area contributed by atoms with Crippen LogP contribution in [0.1, 0.15) is 38.1 Å². The van der Waals surface area contributed by atoms with Crippen molar-refractivity contribution < 1.29 is 14.2 Å². The molecule has 0 aliphatic heterocycles. The molecule has 108 valence electrons. The van der Waals surface area contributed by atoms with E-state index in [2.05, 4.69) is 4.98 Å². The Bertz CT molecular complexity index is 629. The van der Waals surface area contributed by atoms with Gasteiger partial charge in [0.15, 0.2) is 11.6 Å². The number of rotatable bonds is 4. The molecular formula is C15H18FNO2S. The topological polar surface area (TPSA) is 42.4 Å². The number of aromatic nitrogens is 1. The molecule has 0 spiro atoms. The molecule has 1 aliphatic carbocycles. The highest BCUT2D eigenvalue weighted by Gasteiger charge is 2.24. The summed E-state index contributed by atoms with van der Waals surface area (Å²) in [4.78, 5) is 4.28. The molecule has 0 amide bonds. The molecule has 2 aromatic rings. The van der Waals surface area contributed by atoms with E-state index in [0.29, 0.717) is 27.7 Å². The van der Waals surface area contributed by atoms with Gasteiger partial charge in [0, 0.05) is 0 Å². The van der Waals surface area contributed by atoms with Gasteiger partial charge in [0.1, 0.15) is 10.6 Å². The number of hydrogen-bond acceptors (Lipinski definition) is 4. The van der Waals surface area contributed by atoms with Gasteiger partial charge in [0.25, 0.3) is 0 Å². The first-order valence-corrected chi connectivity index (χ1v) is 7.71. The van der Waals surface area contributed by atoms with E-state index in [9.17, 15) is 9.50 Å². The number of benzene rings is 1. The molecule has 0 saturated heterocycles. The molecule has 20 heavy (non-hydrogen) atoms. The van der Waals surface area contributed by atoms with Crippen LogP contribution >= 0.6 is 11.3 Å². The zero-order valence-corrected chi connectivity index (χ0v) is 12.5. The fraction of sp³-hybridized carbons (Fsp3) is 0.533. The lowest BCUT2D eigenvalue weighted by Crippen LogP contribution is -2.19. The first-order valence-electron chi connectivity index (χ1n) is 6.90. The molecule has 1 saturated carbocycles. The van der Waals surface area contributed by atoms with Gasteiger partial charge in [-0.25, -0.2) is 9.37 Å². The van der Waals surface area contributed by atoms with Gasteiger partial charge >= 0.3 is 0 Å². The first-order chi connectivity index (χ1) is 9.45. The molecule has 1 aromatic heterocycles. The van der Waals surface area contributed by atoms with Crippen molar-refractivity contribution in [3.63, 3.8) is 0 Å². The van der Waals surface area contributed by atoms with Crippen molar-refractivity contribution in [2.24, 2.45) is 5.92 Å². The fourth-order valence-corrected chi connectivity index (χ4v) is 3.18. The van der Waals surface area contributed by atoms with Crippen LogP contribution in [-0.2, 0) is 5.60 Å². The van der Waals surface area contributed by atoms with Gasteiger partial charge in [-0.3, -0.25) is 0 Å². The van der Waals surface area contributed by atoms with Crippen molar-refractivity contribution >= 4 is 21.6 Å². The van der Waals surface area contributed by atoms with E-state index in [-0.39, 0.29) is 11.6 Å². The van der Waals surface area contributed by atoms with Crippen molar-refractivity contribution in [3.05, 3.63) is 23.0 Å². The second kappa shape index (κ2) is 4.97. The number of nitrogens with zero attached hydrogens (tertiary/aromatic N) is 1. The third-order valence-electron chi connectivity index (χ3n) is 3.68. The Balaban J connectivity index is 1.88. The summed E-state index contributed by atoms with van der Waals surface area (Å²) in [6, 6.07) is 3.38. The summed E-state index contributed by atoms with van der Waals surface area (Å²) in [6.07, 6.45) is 3.60. The van der Waals surface area contributed by atoms with E-state index in [1.165, 1.54) is 30.6 Å². The summed E-state index contributed by atoms with van der Waals surface area (Å²) >= 11 is 1.18. The summed E-state index contributed by atoms with van der Waals surface area (Å²) < 4.78 is 20.4. The molecule has 1 fully saturated rings. The lowest BCUT2D eigenvalue weighted by molar-refractivity contribution is 0.0785. The standard InChI is InChI=1S/C15H18FNO2S/c1-15(2,18)14-17-10-6-7-11(12(16)13(10)20-14)19-8-9-4-3-5-9/h6-7,9,18H,3-5,8H2,1-2H3. The number of halogens is 1. The second-order valence-electron chi connectivity index (χ2n) is 5.91. The van der Waals surface area contributed by atoms with Crippen LogP contribution in [0.4, 0.5) is 4.39 Å². The molecule has 1 aromatic carbocycles.